The average molecular weight is 360 g/mol. The van der Waals surface area contributed by atoms with Crippen LogP contribution in [-0.4, -0.2) is 42.2 Å². The quantitative estimate of drug-likeness (QED) is 0.858. The highest BCUT2D eigenvalue weighted by Crippen LogP contribution is 2.19. The van der Waals surface area contributed by atoms with Crippen LogP contribution in [0.25, 0.3) is 0 Å². The Morgan fingerprint density at radius 1 is 1.48 bits per heavy atom. The summed E-state index contributed by atoms with van der Waals surface area (Å²) in [7, 11) is 1.75. The third-order valence-corrected chi connectivity index (χ3v) is 5.30. The Morgan fingerprint density at radius 2 is 2.36 bits per heavy atom. The largest absolute Gasteiger partial charge is 0.380 e. The van der Waals surface area contributed by atoms with Crippen LogP contribution in [0.3, 0.4) is 0 Å². The minimum Gasteiger partial charge on any atom is -0.380 e. The minimum absolute atomic E-state index is 0.124. The van der Waals surface area contributed by atoms with E-state index in [1.54, 1.807) is 24.6 Å². The van der Waals surface area contributed by atoms with Gasteiger partial charge >= 0.3 is 0 Å². The molecule has 0 bridgehead atoms. The molecular weight excluding hydrogens is 336 g/mol. The Bertz CT molecular complexity index is 701. The number of amides is 1. The normalized spacial score (nSPS) is 17.5. The molecule has 25 heavy (non-hydrogen) atoms. The lowest BCUT2D eigenvalue weighted by Crippen LogP contribution is -2.39. The van der Waals surface area contributed by atoms with Crippen LogP contribution in [0.2, 0.25) is 0 Å². The Balaban J connectivity index is 1.56. The highest BCUT2D eigenvalue weighted by Gasteiger charge is 2.20. The molecular formula is C18H24N4O2S. The number of hydrogen-bond acceptors (Lipinski definition) is 6. The average Bonchev–Trinajstić information content (AvgIpc) is 3.14. The molecule has 134 valence electrons. The van der Waals surface area contributed by atoms with Crippen molar-refractivity contribution in [2.45, 2.75) is 38.8 Å². The van der Waals surface area contributed by atoms with Gasteiger partial charge in [-0.15, -0.1) is 11.3 Å². The van der Waals surface area contributed by atoms with Crippen molar-refractivity contribution in [2.24, 2.45) is 0 Å². The summed E-state index contributed by atoms with van der Waals surface area (Å²) >= 11 is 1.57. The first-order chi connectivity index (χ1) is 12.2. The van der Waals surface area contributed by atoms with Crippen molar-refractivity contribution in [1.29, 1.82) is 0 Å². The highest BCUT2D eigenvalue weighted by atomic mass is 32.1. The van der Waals surface area contributed by atoms with Gasteiger partial charge in [-0.25, -0.2) is 9.97 Å². The Labute approximate surface area is 152 Å². The van der Waals surface area contributed by atoms with Crippen LogP contribution in [0, 0.1) is 0 Å². The molecule has 1 atom stereocenters. The number of thiazole rings is 1. The smallest absolute Gasteiger partial charge is 0.253 e. The molecule has 2 aromatic rings. The molecule has 0 radical (unpaired) electrons. The number of aryl methyl sites for hydroxylation is 1. The van der Waals surface area contributed by atoms with Crippen molar-refractivity contribution in [3.05, 3.63) is 40.0 Å². The summed E-state index contributed by atoms with van der Waals surface area (Å²) in [6.45, 7) is 4.34. The first-order valence-electron chi connectivity index (χ1n) is 8.65. The molecule has 1 aliphatic heterocycles. The van der Waals surface area contributed by atoms with Gasteiger partial charge in [0.25, 0.3) is 5.91 Å². The topological polar surface area (TPSA) is 67.4 Å². The molecule has 3 heterocycles. The fourth-order valence-corrected chi connectivity index (χ4v) is 3.71. The zero-order valence-electron chi connectivity index (χ0n) is 14.7. The van der Waals surface area contributed by atoms with Crippen LogP contribution >= 0.6 is 11.3 Å². The SMILES string of the molecule is CCc1csc(CNC(=O)c2ccc(N3CCC[C@@H](OC)C3)nc2)n1. The van der Waals surface area contributed by atoms with Gasteiger partial charge in [-0.2, -0.15) is 0 Å². The van der Waals surface area contributed by atoms with Gasteiger partial charge in [-0.1, -0.05) is 6.92 Å². The van der Waals surface area contributed by atoms with Gasteiger partial charge in [0.2, 0.25) is 0 Å². The molecule has 1 N–H and O–H groups in total. The van der Waals surface area contributed by atoms with Crippen LogP contribution in [0.15, 0.2) is 23.7 Å². The molecule has 0 saturated carbocycles. The number of pyridine rings is 1. The molecule has 2 aromatic heterocycles. The number of nitrogens with one attached hydrogen (secondary N) is 1. The highest BCUT2D eigenvalue weighted by molar-refractivity contribution is 7.09. The van der Waals surface area contributed by atoms with Crippen LogP contribution < -0.4 is 10.2 Å². The Kier molecular flexibility index (Phi) is 5.99. The maximum absolute atomic E-state index is 12.3. The van der Waals surface area contributed by atoms with Crippen LogP contribution in [0.1, 0.15) is 40.8 Å². The van der Waals surface area contributed by atoms with E-state index in [9.17, 15) is 4.79 Å². The Hall–Kier alpha value is -1.99. The van der Waals surface area contributed by atoms with Gasteiger partial charge in [0.05, 0.1) is 23.9 Å². The number of ether oxygens (including phenoxy) is 1. The molecule has 7 heteroatoms. The third-order valence-electron chi connectivity index (χ3n) is 4.41. The van der Waals surface area contributed by atoms with E-state index in [1.807, 2.05) is 17.5 Å². The zero-order valence-corrected chi connectivity index (χ0v) is 15.5. The van der Waals surface area contributed by atoms with E-state index < -0.39 is 0 Å². The Morgan fingerprint density at radius 3 is 3.04 bits per heavy atom. The van der Waals surface area contributed by atoms with Crippen molar-refractivity contribution >= 4 is 23.1 Å². The fraction of sp³-hybridized carbons (Fsp3) is 0.500. The first kappa shape index (κ1) is 17.8. The lowest BCUT2D eigenvalue weighted by Gasteiger charge is -2.32. The van der Waals surface area contributed by atoms with E-state index in [4.69, 9.17) is 4.74 Å². The van der Waals surface area contributed by atoms with E-state index >= 15 is 0 Å². The number of aromatic nitrogens is 2. The lowest BCUT2D eigenvalue weighted by atomic mass is 10.1. The molecule has 1 saturated heterocycles. The molecule has 0 aromatic carbocycles. The summed E-state index contributed by atoms with van der Waals surface area (Å²) in [6.07, 6.45) is 4.99. The standard InChI is InChI=1S/C18H24N4O2S/c1-3-14-12-25-17(21-14)10-20-18(23)13-6-7-16(19-9-13)22-8-4-5-15(11-22)24-2/h6-7,9,12,15H,3-5,8,10-11H2,1-2H3,(H,20,23)/t15-/m1/s1. The molecule has 0 aliphatic carbocycles. The van der Waals surface area contributed by atoms with Crippen LogP contribution in [-0.2, 0) is 17.7 Å². The summed E-state index contributed by atoms with van der Waals surface area (Å²) in [4.78, 5) is 23.4. The second kappa shape index (κ2) is 8.40. The lowest BCUT2D eigenvalue weighted by molar-refractivity contribution is 0.0891. The van der Waals surface area contributed by atoms with Crippen LogP contribution in [0.5, 0.6) is 0 Å². The number of hydrogen-bond donors (Lipinski definition) is 1. The number of anilines is 1. The van der Waals surface area contributed by atoms with Gasteiger partial charge in [0.15, 0.2) is 0 Å². The summed E-state index contributed by atoms with van der Waals surface area (Å²) in [5.74, 6) is 0.770. The third kappa shape index (κ3) is 4.55. The molecule has 3 rings (SSSR count). The van der Waals surface area contributed by atoms with Gasteiger partial charge in [0.1, 0.15) is 10.8 Å². The molecule has 1 aliphatic rings. The van der Waals surface area contributed by atoms with Gasteiger partial charge in [-0.05, 0) is 31.4 Å². The summed E-state index contributed by atoms with van der Waals surface area (Å²) in [6, 6.07) is 3.74. The number of rotatable bonds is 6. The predicted octanol–water partition coefficient (Wildman–Crippen LogP) is 2.65. The summed E-state index contributed by atoms with van der Waals surface area (Å²) < 4.78 is 5.45. The van der Waals surface area contributed by atoms with Crippen molar-refractivity contribution < 1.29 is 9.53 Å². The second-order valence-electron chi connectivity index (χ2n) is 6.12. The number of methoxy groups -OCH3 is 1. The molecule has 0 spiro atoms. The summed E-state index contributed by atoms with van der Waals surface area (Å²) in [5, 5.41) is 5.86. The monoisotopic (exact) mass is 360 g/mol. The maximum atomic E-state index is 12.3. The predicted molar refractivity (Wildman–Crippen MR) is 99.1 cm³/mol. The fourth-order valence-electron chi connectivity index (χ4n) is 2.90. The number of carbonyl (C=O) groups excluding carboxylic acids is 1. The van der Waals surface area contributed by atoms with Crippen molar-refractivity contribution in [3.63, 3.8) is 0 Å². The van der Waals surface area contributed by atoms with Gasteiger partial charge < -0.3 is 15.0 Å². The molecule has 0 unspecified atom stereocenters. The maximum Gasteiger partial charge on any atom is 0.253 e. The van der Waals surface area contributed by atoms with Crippen molar-refractivity contribution in [1.82, 2.24) is 15.3 Å². The van der Waals surface area contributed by atoms with E-state index in [-0.39, 0.29) is 12.0 Å². The van der Waals surface area contributed by atoms with E-state index in [0.29, 0.717) is 12.1 Å². The van der Waals surface area contributed by atoms with Crippen molar-refractivity contribution in [2.75, 3.05) is 25.1 Å². The second-order valence-corrected chi connectivity index (χ2v) is 7.06. The molecule has 1 fully saturated rings. The summed E-state index contributed by atoms with van der Waals surface area (Å²) in [5.41, 5.74) is 1.63. The molecule has 1 amide bonds. The number of nitrogens with zero attached hydrogens (tertiary/aromatic N) is 3. The molecule has 6 nitrogen and oxygen atoms in total. The number of piperidine rings is 1. The zero-order chi connectivity index (χ0) is 17.6. The van der Waals surface area contributed by atoms with E-state index in [1.165, 1.54) is 0 Å². The van der Waals surface area contributed by atoms with Gasteiger partial charge in [-0.3, -0.25) is 4.79 Å². The van der Waals surface area contributed by atoms with E-state index in [2.05, 4.69) is 27.1 Å². The van der Waals surface area contributed by atoms with Gasteiger partial charge in [0, 0.05) is 31.8 Å². The first-order valence-corrected chi connectivity index (χ1v) is 9.52. The van der Waals surface area contributed by atoms with Crippen LogP contribution in [0.4, 0.5) is 5.82 Å². The van der Waals surface area contributed by atoms with Crippen molar-refractivity contribution in [3.8, 4) is 0 Å². The minimum atomic E-state index is -0.124. The number of carbonyl (C=O) groups is 1. The van der Waals surface area contributed by atoms with E-state index in [0.717, 1.165) is 48.9 Å².